The molecule has 2 aromatic rings. The number of benzene rings is 1. The van der Waals surface area contributed by atoms with Gasteiger partial charge in [0.05, 0.1) is 7.11 Å². The molecule has 3 rings (SSSR count). The second-order valence-corrected chi connectivity index (χ2v) is 5.76. The van der Waals surface area contributed by atoms with E-state index in [4.69, 9.17) is 16.3 Å². The van der Waals surface area contributed by atoms with Gasteiger partial charge in [-0.2, -0.15) is 0 Å². The summed E-state index contributed by atoms with van der Waals surface area (Å²) >= 11 is 5.97. The van der Waals surface area contributed by atoms with Crippen molar-refractivity contribution >= 4 is 17.3 Å². The van der Waals surface area contributed by atoms with Crippen molar-refractivity contribution in [2.24, 2.45) is 0 Å². The van der Waals surface area contributed by atoms with Crippen LogP contribution in [0.4, 0.5) is 5.69 Å². The average Bonchev–Trinajstić information content (AvgIpc) is 2.55. The molecule has 3 nitrogen and oxygen atoms in total. The third kappa shape index (κ3) is 3.30. The molecule has 0 aliphatic carbocycles. The molecule has 0 amide bonds. The number of hydrogen-bond donors (Lipinski definition) is 0. The number of nitrogens with zero attached hydrogens (tertiary/aromatic N) is 2. The molecular formula is C17H19ClN2O. The predicted octanol–water partition coefficient (Wildman–Crippen LogP) is 4.13. The summed E-state index contributed by atoms with van der Waals surface area (Å²) in [4.78, 5) is 6.42. The monoisotopic (exact) mass is 302 g/mol. The molecule has 1 aromatic heterocycles. The topological polar surface area (TPSA) is 25.4 Å². The van der Waals surface area contributed by atoms with E-state index in [-0.39, 0.29) is 0 Å². The summed E-state index contributed by atoms with van der Waals surface area (Å²) in [5.41, 5.74) is 2.54. The Morgan fingerprint density at radius 1 is 1.19 bits per heavy atom. The number of hydrogen-bond acceptors (Lipinski definition) is 3. The molecule has 21 heavy (non-hydrogen) atoms. The number of aromatic nitrogens is 1. The van der Waals surface area contributed by atoms with Gasteiger partial charge in [0.1, 0.15) is 10.9 Å². The smallest absolute Gasteiger partial charge is 0.131 e. The molecule has 0 N–H and O–H groups in total. The summed E-state index contributed by atoms with van der Waals surface area (Å²) < 4.78 is 5.32. The lowest BCUT2D eigenvalue weighted by Gasteiger charge is -2.34. The van der Waals surface area contributed by atoms with Crippen molar-refractivity contribution in [3.63, 3.8) is 0 Å². The van der Waals surface area contributed by atoms with Crippen LogP contribution >= 0.6 is 11.6 Å². The van der Waals surface area contributed by atoms with Gasteiger partial charge < -0.3 is 9.64 Å². The lowest BCUT2D eigenvalue weighted by molar-refractivity contribution is 0.412. The zero-order valence-corrected chi connectivity index (χ0v) is 12.9. The van der Waals surface area contributed by atoms with E-state index >= 15 is 0 Å². The summed E-state index contributed by atoms with van der Waals surface area (Å²) in [6, 6.07) is 12.4. The van der Waals surface area contributed by atoms with Gasteiger partial charge in [-0.3, -0.25) is 0 Å². The van der Waals surface area contributed by atoms with Gasteiger partial charge >= 0.3 is 0 Å². The minimum atomic E-state index is 0.558. The summed E-state index contributed by atoms with van der Waals surface area (Å²) in [7, 11) is 1.72. The number of halogens is 1. The van der Waals surface area contributed by atoms with Crippen LogP contribution in [-0.2, 0) is 0 Å². The predicted molar refractivity (Wildman–Crippen MR) is 86.4 cm³/mol. The SMILES string of the molecule is COc1cccc(C2CCN(c3ccnc(Cl)c3)CC2)c1. The molecule has 0 unspecified atom stereocenters. The fraction of sp³-hybridized carbons (Fsp3) is 0.353. The number of ether oxygens (including phenoxy) is 1. The van der Waals surface area contributed by atoms with Crippen molar-refractivity contribution in [2.45, 2.75) is 18.8 Å². The second-order valence-electron chi connectivity index (χ2n) is 5.37. The maximum Gasteiger partial charge on any atom is 0.131 e. The van der Waals surface area contributed by atoms with E-state index in [1.54, 1.807) is 13.3 Å². The summed E-state index contributed by atoms with van der Waals surface area (Å²) in [5, 5.41) is 0.558. The second kappa shape index (κ2) is 6.35. The highest BCUT2D eigenvalue weighted by atomic mass is 35.5. The molecule has 1 aromatic carbocycles. The molecule has 1 aliphatic rings. The molecule has 2 heterocycles. The zero-order chi connectivity index (χ0) is 14.7. The van der Waals surface area contributed by atoms with Crippen LogP contribution in [-0.4, -0.2) is 25.2 Å². The van der Waals surface area contributed by atoms with E-state index in [0.717, 1.165) is 31.7 Å². The Labute approximate surface area is 130 Å². The first-order valence-corrected chi connectivity index (χ1v) is 7.64. The van der Waals surface area contributed by atoms with E-state index in [2.05, 4.69) is 28.1 Å². The van der Waals surface area contributed by atoms with E-state index < -0.39 is 0 Å². The zero-order valence-electron chi connectivity index (χ0n) is 12.1. The molecule has 1 saturated heterocycles. The Hall–Kier alpha value is -1.74. The van der Waals surface area contributed by atoms with Crippen LogP contribution in [0.5, 0.6) is 5.75 Å². The van der Waals surface area contributed by atoms with Crippen LogP contribution in [0.3, 0.4) is 0 Å². The maximum absolute atomic E-state index is 5.97. The van der Waals surface area contributed by atoms with Gasteiger partial charge in [-0.05, 0) is 48.6 Å². The van der Waals surface area contributed by atoms with Crippen molar-refractivity contribution in [2.75, 3.05) is 25.1 Å². The van der Waals surface area contributed by atoms with Crippen LogP contribution in [0.1, 0.15) is 24.3 Å². The first-order valence-electron chi connectivity index (χ1n) is 7.27. The van der Waals surface area contributed by atoms with Crippen LogP contribution < -0.4 is 9.64 Å². The summed E-state index contributed by atoms with van der Waals surface area (Å²) in [6.07, 6.45) is 4.06. The minimum absolute atomic E-state index is 0.558. The minimum Gasteiger partial charge on any atom is -0.497 e. The van der Waals surface area contributed by atoms with E-state index in [0.29, 0.717) is 11.1 Å². The van der Waals surface area contributed by atoms with Crippen LogP contribution in [0, 0.1) is 0 Å². The van der Waals surface area contributed by atoms with Gasteiger partial charge in [0.25, 0.3) is 0 Å². The quantitative estimate of drug-likeness (QED) is 0.797. The van der Waals surface area contributed by atoms with Crippen molar-refractivity contribution < 1.29 is 4.74 Å². The highest BCUT2D eigenvalue weighted by Crippen LogP contribution is 2.32. The lowest BCUT2D eigenvalue weighted by atomic mass is 9.89. The Bertz CT molecular complexity index is 609. The molecule has 0 bridgehead atoms. The van der Waals surface area contributed by atoms with Gasteiger partial charge in [-0.1, -0.05) is 23.7 Å². The Morgan fingerprint density at radius 3 is 2.71 bits per heavy atom. The van der Waals surface area contributed by atoms with E-state index in [1.165, 1.54) is 11.3 Å². The molecule has 1 aliphatic heterocycles. The Morgan fingerprint density at radius 2 is 2.00 bits per heavy atom. The van der Waals surface area contributed by atoms with Crippen LogP contribution in [0.15, 0.2) is 42.6 Å². The first-order chi connectivity index (χ1) is 10.3. The number of methoxy groups -OCH3 is 1. The summed E-state index contributed by atoms with van der Waals surface area (Å²) in [6.45, 7) is 2.09. The number of piperidine rings is 1. The third-order valence-corrected chi connectivity index (χ3v) is 4.34. The highest BCUT2D eigenvalue weighted by Gasteiger charge is 2.21. The highest BCUT2D eigenvalue weighted by molar-refractivity contribution is 6.29. The molecule has 0 spiro atoms. The van der Waals surface area contributed by atoms with Gasteiger partial charge in [0.15, 0.2) is 0 Å². The molecular weight excluding hydrogens is 284 g/mol. The standard InChI is InChI=1S/C17H19ClN2O/c1-21-16-4-2-3-14(11-16)13-6-9-20(10-7-13)15-5-8-19-17(18)12-15/h2-5,8,11-13H,6-7,9-10H2,1H3. The van der Waals surface area contributed by atoms with Gasteiger partial charge in [0.2, 0.25) is 0 Å². The largest absolute Gasteiger partial charge is 0.497 e. The third-order valence-electron chi connectivity index (χ3n) is 4.14. The van der Waals surface area contributed by atoms with Gasteiger partial charge in [0, 0.05) is 25.0 Å². The van der Waals surface area contributed by atoms with Crippen molar-refractivity contribution in [1.29, 1.82) is 0 Å². The van der Waals surface area contributed by atoms with Crippen LogP contribution in [0.2, 0.25) is 5.15 Å². The maximum atomic E-state index is 5.97. The number of rotatable bonds is 3. The molecule has 0 atom stereocenters. The fourth-order valence-corrected chi connectivity index (χ4v) is 3.12. The van der Waals surface area contributed by atoms with E-state index in [1.807, 2.05) is 18.2 Å². The van der Waals surface area contributed by atoms with Crippen molar-refractivity contribution in [3.05, 3.63) is 53.3 Å². The molecule has 0 radical (unpaired) electrons. The van der Waals surface area contributed by atoms with Crippen molar-refractivity contribution in [1.82, 2.24) is 4.98 Å². The summed E-state index contributed by atoms with van der Waals surface area (Å²) in [5.74, 6) is 1.55. The molecule has 4 heteroatoms. The molecule has 1 fully saturated rings. The van der Waals surface area contributed by atoms with Crippen molar-refractivity contribution in [3.8, 4) is 5.75 Å². The van der Waals surface area contributed by atoms with Crippen LogP contribution in [0.25, 0.3) is 0 Å². The molecule has 0 saturated carbocycles. The lowest BCUT2D eigenvalue weighted by Crippen LogP contribution is -2.32. The van der Waals surface area contributed by atoms with Gasteiger partial charge in [-0.25, -0.2) is 4.98 Å². The molecule has 110 valence electrons. The Balaban J connectivity index is 1.67. The Kier molecular flexibility index (Phi) is 4.30. The fourth-order valence-electron chi connectivity index (χ4n) is 2.96. The normalized spacial score (nSPS) is 16.0. The average molecular weight is 303 g/mol. The first kappa shape index (κ1) is 14.2. The number of anilines is 1. The van der Waals surface area contributed by atoms with Gasteiger partial charge in [-0.15, -0.1) is 0 Å². The van der Waals surface area contributed by atoms with E-state index in [9.17, 15) is 0 Å². The number of pyridine rings is 1.